The molecule has 0 aliphatic carbocycles. The number of nitrogens with zero attached hydrogens (tertiary/aromatic N) is 2. The molecule has 0 aliphatic rings. The molecule has 12 heteroatoms. The Morgan fingerprint density at radius 3 is 1.60 bits per heavy atom. The Hall–Kier alpha value is -1.98. The number of rotatable bonds is 4. The van der Waals surface area contributed by atoms with Gasteiger partial charge in [-0.2, -0.15) is 22.0 Å². The summed E-state index contributed by atoms with van der Waals surface area (Å²) in [5.41, 5.74) is -1.92. The third-order valence-electron chi connectivity index (χ3n) is 1.87. The molecule has 0 aliphatic heterocycles. The van der Waals surface area contributed by atoms with Crippen LogP contribution in [0.3, 0.4) is 0 Å². The van der Waals surface area contributed by atoms with Crippen molar-refractivity contribution in [2.24, 2.45) is 0 Å². The van der Waals surface area contributed by atoms with Gasteiger partial charge in [0.25, 0.3) is 11.4 Å². The molecule has 0 unspecified atom stereocenters. The van der Waals surface area contributed by atoms with E-state index in [-0.39, 0.29) is 0 Å². The van der Waals surface area contributed by atoms with Crippen molar-refractivity contribution in [3.63, 3.8) is 0 Å². The summed E-state index contributed by atoms with van der Waals surface area (Å²) in [4.78, 5) is 17.7. The summed E-state index contributed by atoms with van der Waals surface area (Å²) in [6.45, 7) is 0. The van der Waals surface area contributed by atoms with Gasteiger partial charge >= 0.3 is 11.4 Å². The Morgan fingerprint density at radius 2 is 1.30 bits per heavy atom. The second-order valence-corrected chi connectivity index (χ2v) is 4.50. The lowest BCUT2D eigenvalue weighted by atomic mass is 10.3. The van der Waals surface area contributed by atoms with Gasteiger partial charge in [0, 0.05) is 17.0 Å². The molecular formula is C8H3F5N2O4S. The average Bonchev–Trinajstić information content (AvgIpc) is 2.26. The lowest BCUT2D eigenvalue weighted by molar-refractivity contribution is -0.394. The highest BCUT2D eigenvalue weighted by atomic mass is 32.2. The standard InChI is InChI=1S/C8H3F5N2O4S/c9-7(10,11)8(12,13)20-6-2-4(14(16)17)1-5(3-6)15(18)19/h1-3H. The van der Waals surface area contributed by atoms with Crippen LogP contribution in [0, 0.1) is 20.2 Å². The molecule has 0 heterocycles. The molecule has 0 spiro atoms. The van der Waals surface area contributed by atoms with Gasteiger partial charge in [-0.3, -0.25) is 20.2 Å². The maximum Gasteiger partial charge on any atom is 0.464 e. The first kappa shape index (κ1) is 16.1. The predicted octanol–water partition coefficient (Wildman–Crippen LogP) is 3.75. The van der Waals surface area contributed by atoms with Gasteiger partial charge in [-0.05, 0) is 11.8 Å². The number of non-ortho nitro benzene ring substituents is 2. The van der Waals surface area contributed by atoms with Gasteiger partial charge in [0.1, 0.15) is 0 Å². The highest BCUT2D eigenvalue weighted by molar-refractivity contribution is 8.00. The first-order valence-electron chi connectivity index (χ1n) is 4.51. The van der Waals surface area contributed by atoms with E-state index < -0.39 is 49.3 Å². The lowest BCUT2D eigenvalue weighted by Crippen LogP contribution is -2.32. The van der Waals surface area contributed by atoms with Crippen molar-refractivity contribution < 1.29 is 31.8 Å². The van der Waals surface area contributed by atoms with Gasteiger partial charge in [-0.25, -0.2) is 0 Å². The summed E-state index contributed by atoms with van der Waals surface area (Å²) in [6.07, 6.45) is -5.89. The van der Waals surface area contributed by atoms with Crippen molar-refractivity contribution in [1.82, 2.24) is 0 Å². The quantitative estimate of drug-likeness (QED) is 0.365. The molecule has 0 bridgehead atoms. The smallest absolute Gasteiger partial charge is 0.258 e. The zero-order valence-electron chi connectivity index (χ0n) is 9.06. The Bertz CT molecular complexity index is 530. The van der Waals surface area contributed by atoms with Crippen LogP contribution >= 0.6 is 11.8 Å². The fraction of sp³-hybridized carbons (Fsp3) is 0.250. The van der Waals surface area contributed by atoms with Crippen LogP contribution in [0.1, 0.15) is 0 Å². The molecule has 6 nitrogen and oxygen atoms in total. The van der Waals surface area contributed by atoms with E-state index in [4.69, 9.17) is 0 Å². The van der Waals surface area contributed by atoms with Crippen LogP contribution in [0.15, 0.2) is 23.1 Å². The maximum absolute atomic E-state index is 12.8. The van der Waals surface area contributed by atoms with Crippen LogP contribution in [0.25, 0.3) is 0 Å². The summed E-state index contributed by atoms with van der Waals surface area (Å²) >= 11 is -1.05. The lowest BCUT2D eigenvalue weighted by Gasteiger charge is -2.18. The van der Waals surface area contributed by atoms with E-state index in [1.807, 2.05) is 0 Å². The number of nitro benzene ring substituents is 2. The van der Waals surface area contributed by atoms with Crippen LogP contribution in [-0.2, 0) is 0 Å². The van der Waals surface area contributed by atoms with E-state index in [1.165, 1.54) is 0 Å². The van der Waals surface area contributed by atoms with E-state index in [0.717, 1.165) is 0 Å². The van der Waals surface area contributed by atoms with E-state index in [9.17, 15) is 42.2 Å². The Morgan fingerprint density at radius 1 is 0.900 bits per heavy atom. The highest BCUT2D eigenvalue weighted by Gasteiger charge is 2.58. The van der Waals surface area contributed by atoms with Crippen LogP contribution in [0.2, 0.25) is 0 Å². The monoisotopic (exact) mass is 318 g/mol. The van der Waals surface area contributed by atoms with Crippen molar-refractivity contribution in [3.05, 3.63) is 38.4 Å². The maximum atomic E-state index is 12.8. The Labute approximate surface area is 110 Å². The molecule has 0 radical (unpaired) electrons. The third kappa shape index (κ3) is 3.53. The predicted molar refractivity (Wildman–Crippen MR) is 56.6 cm³/mol. The number of benzene rings is 1. The molecule has 0 atom stereocenters. The normalized spacial score (nSPS) is 12.2. The van der Waals surface area contributed by atoms with Crippen LogP contribution in [-0.4, -0.2) is 21.3 Å². The van der Waals surface area contributed by atoms with Gasteiger partial charge in [0.2, 0.25) is 0 Å². The molecule has 1 rings (SSSR count). The summed E-state index contributed by atoms with van der Waals surface area (Å²) in [5.74, 6) is 0. The third-order valence-corrected chi connectivity index (χ3v) is 2.83. The first-order valence-corrected chi connectivity index (χ1v) is 5.33. The molecule has 0 N–H and O–H groups in total. The van der Waals surface area contributed by atoms with Gasteiger partial charge in [0.15, 0.2) is 0 Å². The van der Waals surface area contributed by atoms with Crippen molar-refractivity contribution in [2.75, 3.05) is 0 Å². The number of nitro groups is 2. The highest BCUT2D eigenvalue weighted by Crippen LogP contribution is 2.48. The largest absolute Gasteiger partial charge is 0.464 e. The van der Waals surface area contributed by atoms with Crippen molar-refractivity contribution in [1.29, 1.82) is 0 Å². The zero-order valence-corrected chi connectivity index (χ0v) is 9.87. The van der Waals surface area contributed by atoms with E-state index in [1.54, 1.807) is 0 Å². The minimum absolute atomic E-state index is 0.400. The average molecular weight is 318 g/mol. The number of hydrogen-bond donors (Lipinski definition) is 0. The molecular weight excluding hydrogens is 315 g/mol. The minimum atomic E-state index is -5.89. The topological polar surface area (TPSA) is 86.3 Å². The van der Waals surface area contributed by atoms with Crippen LogP contribution < -0.4 is 0 Å². The van der Waals surface area contributed by atoms with Gasteiger partial charge in [-0.15, -0.1) is 0 Å². The van der Waals surface area contributed by atoms with Crippen LogP contribution in [0.5, 0.6) is 0 Å². The SMILES string of the molecule is O=[N+]([O-])c1cc(SC(F)(F)C(F)(F)F)cc([N+](=O)[O-])c1. The van der Waals surface area contributed by atoms with E-state index >= 15 is 0 Å². The van der Waals surface area contributed by atoms with Crippen LogP contribution in [0.4, 0.5) is 33.3 Å². The number of halogens is 5. The summed E-state index contributed by atoms with van der Waals surface area (Å²) in [6, 6.07) is 1.25. The fourth-order valence-corrected chi connectivity index (χ4v) is 1.81. The van der Waals surface area contributed by atoms with E-state index in [2.05, 4.69) is 0 Å². The minimum Gasteiger partial charge on any atom is -0.258 e. The molecule has 20 heavy (non-hydrogen) atoms. The summed E-state index contributed by atoms with van der Waals surface area (Å²) in [5, 5.41) is 15.7. The first-order chi connectivity index (χ1) is 8.94. The molecule has 0 saturated carbocycles. The molecule has 0 amide bonds. The van der Waals surface area contributed by atoms with Crippen molar-refractivity contribution >= 4 is 23.1 Å². The molecule has 1 aromatic rings. The molecule has 0 saturated heterocycles. The van der Waals surface area contributed by atoms with E-state index in [0.29, 0.717) is 18.2 Å². The Balaban J connectivity index is 3.25. The summed E-state index contributed by atoms with van der Waals surface area (Å²) < 4.78 is 61.6. The molecule has 0 aromatic heterocycles. The summed E-state index contributed by atoms with van der Waals surface area (Å²) in [7, 11) is 0. The van der Waals surface area contributed by atoms with Gasteiger partial charge in [0.05, 0.1) is 15.9 Å². The molecule has 1 aromatic carbocycles. The van der Waals surface area contributed by atoms with Gasteiger partial charge < -0.3 is 0 Å². The number of hydrogen-bond acceptors (Lipinski definition) is 5. The second kappa shape index (κ2) is 5.19. The number of alkyl halides is 5. The zero-order chi connectivity index (χ0) is 15.7. The Kier molecular flexibility index (Phi) is 4.17. The van der Waals surface area contributed by atoms with Gasteiger partial charge in [-0.1, -0.05) is 0 Å². The number of thioether (sulfide) groups is 1. The second-order valence-electron chi connectivity index (χ2n) is 3.32. The fourth-order valence-electron chi connectivity index (χ4n) is 1.04. The van der Waals surface area contributed by atoms with Crippen molar-refractivity contribution in [3.8, 4) is 0 Å². The molecule has 0 fully saturated rings. The van der Waals surface area contributed by atoms with Crippen molar-refractivity contribution in [2.45, 2.75) is 16.3 Å². The molecule has 110 valence electrons.